The molecule has 1 atom stereocenters. The van der Waals surface area contributed by atoms with Crippen molar-refractivity contribution in [3.63, 3.8) is 0 Å². The summed E-state index contributed by atoms with van der Waals surface area (Å²) in [6, 6.07) is 0. The van der Waals surface area contributed by atoms with Crippen LogP contribution in [-0.2, 0) is 4.74 Å². The topological polar surface area (TPSA) is 38.5 Å². The standard InChI is InChI=1S/C17H36N2O/c1-14(2)15(9-10-18)8-7-11-19-12-16(3,4)20-17(5,6)13-19/h14-15H,7-13,18H2,1-6H3. The van der Waals surface area contributed by atoms with Crippen molar-refractivity contribution in [2.24, 2.45) is 17.6 Å². The first-order valence-corrected chi connectivity index (χ1v) is 8.28. The Kier molecular flexibility index (Phi) is 6.49. The molecule has 0 spiro atoms. The lowest BCUT2D eigenvalue weighted by Crippen LogP contribution is -2.57. The second-order valence-electron chi connectivity index (χ2n) is 8.06. The van der Waals surface area contributed by atoms with Crippen molar-refractivity contribution in [1.82, 2.24) is 4.90 Å². The lowest BCUT2D eigenvalue weighted by Gasteiger charge is -2.47. The maximum atomic E-state index is 6.14. The third-order valence-electron chi connectivity index (χ3n) is 4.29. The lowest BCUT2D eigenvalue weighted by molar-refractivity contribution is -0.180. The average Bonchev–Trinajstić information content (AvgIpc) is 2.23. The minimum atomic E-state index is -0.0313. The van der Waals surface area contributed by atoms with Crippen LogP contribution in [-0.4, -0.2) is 42.3 Å². The Morgan fingerprint density at radius 1 is 1.05 bits per heavy atom. The molecule has 3 heteroatoms. The molecule has 0 bridgehead atoms. The number of morpholine rings is 1. The smallest absolute Gasteiger partial charge is 0.0760 e. The van der Waals surface area contributed by atoms with Gasteiger partial charge in [0, 0.05) is 13.1 Å². The molecule has 0 aliphatic carbocycles. The highest BCUT2D eigenvalue weighted by Gasteiger charge is 2.37. The molecule has 0 saturated carbocycles. The Hall–Kier alpha value is -0.120. The van der Waals surface area contributed by atoms with E-state index in [4.69, 9.17) is 10.5 Å². The zero-order valence-corrected chi connectivity index (χ0v) is 14.5. The van der Waals surface area contributed by atoms with Crippen LogP contribution < -0.4 is 5.73 Å². The Morgan fingerprint density at radius 3 is 2.05 bits per heavy atom. The molecule has 0 aromatic rings. The molecule has 1 aliphatic heterocycles. The summed E-state index contributed by atoms with van der Waals surface area (Å²) in [6.45, 7) is 17.5. The number of rotatable bonds is 7. The van der Waals surface area contributed by atoms with Crippen LogP contribution in [0.3, 0.4) is 0 Å². The number of ether oxygens (including phenoxy) is 1. The van der Waals surface area contributed by atoms with Crippen molar-refractivity contribution in [2.75, 3.05) is 26.2 Å². The van der Waals surface area contributed by atoms with E-state index in [1.165, 1.54) is 19.4 Å². The van der Waals surface area contributed by atoms with E-state index < -0.39 is 0 Å². The van der Waals surface area contributed by atoms with Gasteiger partial charge in [-0.25, -0.2) is 0 Å². The van der Waals surface area contributed by atoms with Crippen LogP contribution in [0.25, 0.3) is 0 Å². The molecule has 0 radical (unpaired) electrons. The van der Waals surface area contributed by atoms with Crippen LogP contribution in [0.5, 0.6) is 0 Å². The maximum Gasteiger partial charge on any atom is 0.0760 e. The van der Waals surface area contributed by atoms with Gasteiger partial charge in [-0.15, -0.1) is 0 Å². The van der Waals surface area contributed by atoms with Crippen LogP contribution >= 0.6 is 0 Å². The Balaban J connectivity index is 2.41. The quantitative estimate of drug-likeness (QED) is 0.780. The molecule has 1 rings (SSSR count). The van der Waals surface area contributed by atoms with Crippen LogP contribution in [0.4, 0.5) is 0 Å². The van der Waals surface area contributed by atoms with Crippen molar-refractivity contribution < 1.29 is 4.74 Å². The van der Waals surface area contributed by atoms with Crippen molar-refractivity contribution in [1.29, 1.82) is 0 Å². The molecule has 1 unspecified atom stereocenters. The van der Waals surface area contributed by atoms with Gasteiger partial charge in [-0.3, -0.25) is 4.90 Å². The second-order valence-corrected chi connectivity index (χ2v) is 8.06. The van der Waals surface area contributed by atoms with E-state index in [1.54, 1.807) is 0 Å². The Labute approximate surface area is 126 Å². The van der Waals surface area contributed by atoms with Gasteiger partial charge in [0.1, 0.15) is 0 Å². The fraction of sp³-hybridized carbons (Fsp3) is 1.00. The molecule has 1 fully saturated rings. The van der Waals surface area contributed by atoms with E-state index in [-0.39, 0.29) is 11.2 Å². The predicted molar refractivity (Wildman–Crippen MR) is 86.9 cm³/mol. The van der Waals surface area contributed by atoms with Crippen molar-refractivity contribution in [3.8, 4) is 0 Å². The number of nitrogens with two attached hydrogens (primary N) is 1. The first-order chi connectivity index (χ1) is 9.15. The average molecular weight is 284 g/mol. The van der Waals surface area contributed by atoms with Gasteiger partial charge >= 0.3 is 0 Å². The summed E-state index contributed by atoms with van der Waals surface area (Å²) in [5, 5.41) is 0. The van der Waals surface area contributed by atoms with Gasteiger partial charge < -0.3 is 10.5 Å². The molecular weight excluding hydrogens is 248 g/mol. The van der Waals surface area contributed by atoms with Gasteiger partial charge in [0.2, 0.25) is 0 Å². The highest BCUT2D eigenvalue weighted by atomic mass is 16.5. The zero-order valence-electron chi connectivity index (χ0n) is 14.5. The van der Waals surface area contributed by atoms with Crippen LogP contribution in [0.2, 0.25) is 0 Å². The van der Waals surface area contributed by atoms with Gasteiger partial charge in [-0.05, 0) is 71.9 Å². The largest absolute Gasteiger partial charge is 0.367 e. The first kappa shape index (κ1) is 17.9. The number of hydrogen-bond donors (Lipinski definition) is 1. The molecule has 0 aromatic carbocycles. The number of hydrogen-bond acceptors (Lipinski definition) is 3. The third-order valence-corrected chi connectivity index (χ3v) is 4.29. The normalized spacial score (nSPS) is 24.0. The lowest BCUT2D eigenvalue weighted by atomic mass is 9.88. The summed E-state index contributed by atoms with van der Waals surface area (Å²) in [5.74, 6) is 1.53. The molecule has 1 saturated heterocycles. The SMILES string of the molecule is CC(C)C(CCN)CCCN1CC(C)(C)OC(C)(C)C1. The minimum absolute atomic E-state index is 0.0313. The molecule has 2 N–H and O–H groups in total. The first-order valence-electron chi connectivity index (χ1n) is 8.28. The summed E-state index contributed by atoms with van der Waals surface area (Å²) >= 11 is 0. The van der Waals surface area contributed by atoms with E-state index >= 15 is 0 Å². The van der Waals surface area contributed by atoms with Crippen molar-refractivity contribution >= 4 is 0 Å². The highest BCUT2D eigenvalue weighted by molar-refractivity contribution is 4.89. The van der Waals surface area contributed by atoms with Crippen molar-refractivity contribution in [3.05, 3.63) is 0 Å². The van der Waals surface area contributed by atoms with Crippen LogP contribution in [0.15, 0.2) is 0 Å². The molecule has 3 nitrogen and oxygen atoms in total. The Bertz CT molecular complexity index is 271. The van der Waals surface area contributed by atoms with E-state index in [0.717, 1.165) is 37.9 Å². The van der Waals surface area contributed by atoms with Gasteiger partial charge in [-0.1, -0.05) is 13.8 Å². The summed E-state index contributed by atoms with van der Waals surface area (Å²) in [5.41, 5.74) is 5.66. The second kappa shape index (κ2) is 7.24. The number of nitrogens with zero attached hydrogens (tertiary/aromatic N) is 1. The van der Waals surface area contributed by atoms with E-state index in [1.807, 2.05) is 0 Å². The summed E-state index contributed by atoms with van der Waals surface area (Å²) in [7, 11) is 0. The molecule has 20 heavy (non-hydrogen) atoms. The zero-order chi connectivity index (χ0) is 15.4. The molecule has 120 valence electrons. The predicted octanol–water partition coefficient (Wildman–Crippen LogP) is 3.28. The highest BCUT2D eigenvalue weighted by Crippen LogP contribution is 2.28. The van der Waals surface area contributed by atoms with Crippen molar-refractivity contribution in [2.45, 2.75) is 72.0 Å². The summed E-state index contributed by atoms with van der Waals surface area (Å²) in [4.78, 5) is 2.57. The van der Waals surface area contributed by atoms with Gasteiger partial charge in [0.15, 0.2) is 0 Å². The fourth-order valence-electron chi connectivity index (χ4n) is 3.71. The minimum Gasteiger partial charge on any atom is -0.367 e. The molecule has 1 aliphatic rings. The molecular formula is C17H36N2O. The van der Waals surface area contributed by atoms with E-state index in [0.29, 0.717) is 0 Å². The van der Waals surface area contributed by atoms with Gasteiger partial charge in [-0.2, -0.15) is 0 Å². The Morgan fingerprint density at radius 2 is 1.60 bits per heavy atom. The van der Waals surface area contributed by atoms with Crippen LogP contribution in [0, 0.1) is 11.8 Å². The van der Waals surface area contributed by atoms with E-state index in [2.05, 4.69) is 46.4 Å². The molecule has 0 amide bonds. The van der Waals surface area contributed by atoms with Gasteiger partial charge in [0.05, 0.1) is 11.2 Å². The molecule has 1 heterocycles. The fourth-order valence-corrected chi connectivity index (χ4v) is 3.71. The monoisotopic (exact) mass is 284 g/mol. The summed E-state index contributed by atoms with van der Waals surface area (Å²) in [6.07, 6.45) is 3.74. The molecule has 0 aromatic heterocycles. The maximum absolute atomic E-state index is 6.14. The van der Waals surface area contributed by atoms with E-state index in [9.17, 15) is 0 Å². The third kappa shape index (κ3) is 6.11. The van der Waals surface area contributed by atoms with Crippen LogP contribution in [0.1, 0.15) is 60.8 Å². The van der Waals surface area contributed by atoms with Gasteiger partial charge in [0.25, 0.3) is 0 Å². The summed E-state index contributed by atoms with van der Waals surface area (Å²) < 4.78 is 6.14.